The summed E-state index contributed by atoms with van der Waals surface area (Å²) in [5.41, 5.74) is 3.19. The van der Waals surface area contributed by atoms with Gasteiger partial charge < -0.3 is 4.90 Å². The highest BCUT2D eigenvalue weighted by atomic mass is 32.2. The summed E-state index contributed by atoms with van der Waals surface area (Å²) in [4.78, 5) is 11.3. The van der Waals surface area contributed by atoms with Crippen molar-refractivity contribution in [3.05, 3.63) is 17.3 Å². The van der Waals surface area contributed by atoms with E-state index in [0.717, 1.165) is 34.6 Å². The second kappa shape index (κ2) is 8.30. The van der Waals surface area contributed by atoms with Crippen LogP contribution in [0.15, 0.2) is 16.1 Å². The Hall–Kier alpha value is -1.03. The first-order valence-electron chi connectivity index (χ1n) is 7.29. The van der Waals surface area contributed by atoms with Crippen molar-refractivity contribution in [3.63, 3.8) is 0 Å². The predicted octanol–water partition coefficient (Wildman–Crippen LogP) is 4.45. The molecule has 4 heteroatoms. The molecule has 1 aromatic heterocycles. The lowest BCUT2D eigenvalue weighted by atomic mass is 10.2. The molecule has 1 heterocycles. The normalized spacial score (nSPS) is 11.6. The van der Waals surface area contributed by atoms with Crippen molar-refractivity contribution in [2.24, 2.45) is 10.9 Å². The Balaban J connectivity index is 2.78. The van der Waals surface area contributed by atoms with Gasteiger partial charge in [0.2, 0.25) is 0 Å². The van der Waals surface area contributed by atoms with E-state index in [1.165, 1.54) is 12.0 Å². The van der Waals surface area contributed by atoms with Gasteiger partial charge in [0.1, 0.15) is 0 Å². The van der Waals surface area contributed by atoms with Gasteiger partial charge in [0, 0.05) is 13.6 Å². The molecule has 0 amide bonds. The number of thioether (sulfide) groups is 1. The SMILES string of the molecule is CCN(C)C=Nc1cc(C)c(SCCC(C)C)nc1C. The summed E-state index contributed by atoms with van der Waals surface area (Å²) in [6, 6.07) is 2.14. The quantitative estimate of drug-likeness (QED) is 0.422. The third-order valence-electron chi connectivity index (χ3n) is 3.16. The minimum atomic E-state index is 0.748. The molecular weight excluding hydrogens is 266 g/mol. The van der Waals surface area contributed by atoms with Crippen molar-refractivity contribution in [1.82, 2.24) is 9.88 Å². The Morgan fingerprint density at radius 1 is 1.40 bits per heavy atom. The van der Waals surface area contributed by atoms with Gasteiger partial charge in [-0.05, 0) is 50.5 Å². The van der Waals surface area contributed by atoms with E-state index in [1.54, 1.807) is 0 Å². The van der Waals surface area contributed by atoms with Gasteiger partial charge in [0.05, 0.1) is 22.7 Å². The summed E-state index contributed by atoms with van der Waals surface area (Å²) in [6.45, 7) is 11.7. The molecule has 3 nitrogen and oxygen atoms in total. The number of rotatable bonds is 7. The van der Waals surface area contributed by atoms with Crippen molar-refractivity contribution in [1.29, 1.82) is 0 Å². The van der Waals surface area contributed by atoms with Crippen LogP contribution < -0.4 is 0 Å². The van der Waals surface area contributed by atoms with Crippen molar-refractivity contribution in [2.75, 3.05) is 19.3 Å². The molecule has 0 atom stereocenters. The predicted molar refractivity (Wildman–Crippen MR) is 90.3 cm³/mol. The van der Waals surface area contributed by atoms with Crippen LogP contribution in [0.4, 0.5) is 5.69 Å². The van der Waals surface area contributed by atoms with E-state index < -0.39 is 0 Å². The Morgan fingerprint density at radius 3 is 2.70 bits per heavy atom. The molecule has 0 aromatic carbocycles. The molecule has 20 heavy (non-hydrogen) atoms. The largest absolute Gasteiger partial charge is 0.366 e. The van der Waals surface area contributed by atoms with Gasteiger partial charge >= 0.3 is 0 Å². The number of aromatic nitrogens is 1. The number of aliphatic imine (C=N–C) groups is 1. The zero-order valence-corrected chi connectivity index (χ0v) is 14.4. The van der Waals surface area contributed by atoms with E-state index in [0.29, 0.717) is 0 Å². The molecule has 0 aliphatic heterocycles. The fraction of sp³-hybridized carbons (Fsp3) is 0.625. The van der Waals surface area contributed by atoms with Crippen LogP contribution in [-0.2, 0) is 0 Å². The summed E-state index contributed by atoms with van der Waals surface area (Å²) in [6.07, 6.45) is 3.10. The summed E-state index contributed by atoms with van der Waals surface area (Å²) in [5, 5.41) is 1.14. The Bertz CT molecular complexity index is 455. The molecular formula is C16H27N3S. The topological polar surface area (TPSA) is 28.5 Å². The fourth-order valence-corrected chi connectivity index (χ4v) is 2.85. The molecule has 0 N–H and O–H groups in total. The Kier molecular flexibility index (Phi) is 7.06. The lowest BCUT2D eigenvalue weighted by Gasteiger charge is -2.11. The molecule has 0 spiro atoms. The summed E-state index contributed by atoms with van der Waals surface area (Å²) in [5.74, 6) is 1.88. The summed E-state index contributed by atoms with van der Waals surface area (Å²) < 4.78 is 0. The average Bonchev–Trinajstić information content (AvgIpc) is 2.39. The highest BCUT2D eigenvalue weighted by Crippen LogP contribution is 2.27. The molecule has 0 bridgehead atoms. The van der Waals surface area contributed by atoms with E-state index in [9.17, 15) is 0 Å². The monoisotopic (exact) mass is 293 g/mol. The molecule has 0 radical (unpaired) electrons. The van der Waals surface area contributed by atoms with Gasteiger partial charge in [0.15, 0.2) is 0 Å². The number of nitrogens with zero attached hydrogens (tertiary/aromatic N) is 3. The van der Waals surface area contributed by atoms with Crippen molar-refractivity contribution >= 4 is 23.8 Å². The van der Waals surface area contributed by atoms with E-state index in [4.69, 9.17) is 4.98 Å². The van der Waals surface area contributed by atoms with Crippen LogP contribution >= 0.6 is 11.8 Å². The van der Waals surface area contributed by atoms with Crippen molar-refractivity contribution in [3.8, 4) is 0 Å². The highest BCUT2D eigenvalue weighted by molar-refractivity contribution is 7.99. The minimum Gasteiger partial charge on any atom is -0.366 e. The lowest BCUT2D eigenvalue weighted by Crippen LogP contribution is -2.14. The van der Waals surface area contributed by atoms with Gasteiger partial charge in [-0.15, -0.1) is 11.8 Å². The molecule has 0 aliphatic rings. The molecule has 112 valence electrons. The second-order valence-corrected chi connectivity index (χ2v) is 6.65. The first-order valence-corrected chi connectivity index (χ1v) is 8.28. The fourth-order valence-electron chi connectivity index (χ4n) is 1.58. The standard InChI is InChI=1S/C16H27N3S/c1-7-19(6)11-17-15-10-13(4)16(18-14(15)5)20-9-8-12(2)3/h10-12H,7-9H2,1-6H3. The third kappa shape index (κ3) is 5.53. The van der Waals surface area contributed by atoms with Crippen LogP contribution in [0.2, 0.25) is 0 Å². The first-order chi connectivity index (χ1) is 9.43. The van der Waals surface area contributed by atoms with Gasteiger partial charge in [-0.2, -0.15) is 0 Å². The van der Waals surface area contributed by atoms with Gasteiger partial charge in [-0.3, -0.25) is 0 Å². The van der Waals surface area contributed by atoms with Gasteiger partial charge in [-0.1, -0.05) is 13.8 Å². The third-order valence-corrected chi connectivity index (χ3v) is 4.28. The molecule has 0 saturated heterocycles. The number of hydrogen-bond acceptors (Lipinski definition) is 3. The van der Waals surface area contributed by atoms with Crippen molar-refractivity contribution in [2.45, 2.75) is 46.1 Å². The van der Waals surface area contributed by atoms with Crippen LogP contribution in [0.1, 0.15) is 38.4 Å². The highest BCUT2D eigenvalue weighted by Gasteiger charge is 2.07. The lowest BCUT2D eigenvalue weighted by molar-refractivity contribution is 0.552. The number of pyridine rings is 1. The second-order valence-electron chi connectivity index (χ2n) is 5.56. The molecule has 0 unspecified atom stereocenters. The maximum absolute atomic E-state index is 4.70. The molecule has 0 fully saturated rings. The maximum Gasteiger partial charge on any atom is 0.0993 e. The summed E-state index contributed by atoms with van der Waals surface area (Å²) >= 11 is 1.85. The number of aryl methyl sites for hydroxylation is 2. The molecule has 0 aliphatic carbocycles. The van der Waals surface area contributed by atoms with Crippen LogP contribution in [0.25, 0.3) is 0 Å². The minimum absolute atomic E-state index is 0.748. The first kappa shape index (κ1) is 17.0. The van der Waals surface area contributed by atoms with Crippen LogP contribution in [0, 0.1) is 19.8 Å². The Labute approximate surface area is 127 Å². The maximum atomic E-state index is 4.70. The molecule has 0 saturated carbocycles. The molecule has 1 aromatic rings. The van der Waals surface area contributed by atoms with E-state index in [2.05, 4.69) is 43.7 Å². The van der Waals surface area contributed by atoms with Crippen LogP contribution in [0.5, 0.6) is 0 Å². The van der Waals surface area contributed by atoms with E-state index in [-0.39, 0.29) is 0 Å². The zero-order chi connectivity index (χ0) is 15.1. The Morgan fingerprint density at radius 2 is 2.10 bits per heavy atom. The summed E-state index contributed by atoms with van der Waals surface area (Å²) in [7, 11) is 2.02. The zero-order valence-electron chi connectivity index (χ0n) is 13.6. The number of hydrogen-bond donors (Lipinski definition) is 0. The average molecular weight is 293 g/mol. The molecule has 1 rings (SSSR count). The van der Waals surface area contributed by atoms with Gasteiger partial charge in [0.25, 0.3) is 0 Å². The van der Waals surface area contributed by atoms with E-state index in [1.807, 2.05) is 32.1 Å². The van der Waals surface area contributed by atoms with Gasteiger partial charge in [-0.25, -0.2) is 9.98 Å². The smallest absolute Gasteiger partial charge is 0.0993 e. The van der Waals surface area contributed by atoms with E-state index >= 15 is 0 Å². The van der Waals surface area contributed by atoms with Crippen LogP contribution in [0.3, 0.4) is 0 Å². The van der Waals surface area contributed by atoms with Crippen molar-refractivity contribution < 1.29 is 0 Å². The van der Waals surface area contributed by atoms with Crippen LogP contribution in [-0.4, -0.2) is 35.6 Å².